The minimum atomic E-state index is 0.0511. The first-order chi connectivity index (χ1) is 12.3. The second-order valence-corrected chi connectivity index (χ2v) is 6.51. The molecule has 3 aromatic heterocycles. The molecule has 1 N–H and O–H groups in total. The molecule has 0 saturated heterocycles. The Bertz CT molecular complexity index is 1030. The molecule has 0 aliphatic carbocycles. The van der Waals surface area contributed by atoms with Gasteiger partial charge in [0, 0.05) is 22.2 Å². The summed E-state index contributed by atoms with van der Waals surface area (Å²) in [6.45, 7) is 0.0511. The molecule has 4 aromatic rings. The number of methoxy groups -OCH3 is 1. The van der Waals surface area contributed by atoms with Gasteiger partial charge in [-0.05, 0) is 47.3 Å². The molecule has 0 radical (unpaired) electrons. The summed E-state index contributed by atoms with van der Waals surface area (Å²) in [6, 6.07) is 11.6. The highest BCUT2D eigenvalue weighted by atomic mass is 32.1. The molecule has 0 fully saturated rings. The van der Waals surface area contributed by atoms with Crippen LogP contribution in [0.5, 0.6) is 5.75 Å². The third kappa shape index (κ3) is 3.09. The molecule has 4 rings (SSSR count). The molecule has 0 bridgehead atoms. The first kappa shape index (κ1) is 15.7. The van der Waals surface area contributed by atoms with Gasteiger partial charge in [0.25, 0.3) is 0 Å². The van der Waals surface area contributed by atoms with Crippen LogP contribution in [0.2, 0.25) is 0 Å². The maximum absolute atomic E-state index is 9.23. The highest BCUT2D eigenvalue weighted by Gasteiger charge is 2.08. The van der Waals surface area contributed by atoms with E-state index in [9.17, 15) is 5.11 Å². The van der Waals surface area contributed by atoms with Crippen LogP contribution < -0.4 is 4.74 Å². The Labute approximate surface area is 148 Å². The molecule has 0 unspecified atom stereocenters. The summed E-state index contributed by atoms with van der Waals surface area (Å²) in [6.07, 6.45) is 3.54. The molecule has 25 heavy (non-hydrogen) atoms. The number of pyridine rings is 1. The first-order valence-electron chi connectivity index (χ1n) is 7.72. The Kier molecular flexibility index (Phi) is 4.13. The minimum Gasteiger partial charge on any atom is -0.497 e. The number of aromatic nitrogens is 3. The number of thiophene rings is 1. The van der Waals surface area contributed by atoms with Crippen LogP contribution in [0.4, 0.5) is 0 Å². The third-order valence-electron chi connectivity index (χ3n) is 3.92. The summed E-state index contributed by atoms with van der Waals surface area (Å²) in [5.74, 6) is 1.45. The van der Waals surface area contributed by atoms with Crippen LogP contribution in [-0.2, 0) is 6.61 Å². The molecule has 0 aliphatic rings. The molecule has 5 nitrogen and oxygen atoms in total. The van der Waals surface area contributed by atoms with E-state index in [0.29, 0.717) is 5.82 Å². The molecular formula is C19H15N3O2S. The molecule has 0 spiro atoms. The summed E-state index contributed by atoms with van der Waals surface area (Å²) in [5, 5.41) is 11.2. The fraction of sp³-hybridized carbons (Fsp3) is 0.105. The average molecular weight is 349 g/mol. The number of ether oxygens (including phenoxy) is 1. The van der Waals surface area contributed by atoms with E-state index in [2.05, 4.69) is 15.0 Å². The van der Waals surface area contributed by atoms with Crippen molar-refractivity contribution < 1.29 is 9.84 Å². The molecule has 0 atom stereocenters. The van der Waals surface area contributed by atoms with Crippen molar-refractivity contribution in [2.24, 2.45) is 0 Å². The summed E-state index contributed by atoms with van der Waals surface area (Å²) in [7, 11) is 1.64. The van der Waals surface area contributed by atoms with Gasteiger partial charge in [-0.25, -0.2) is 9.97 Å². The van der Waals surface area contributed by atoms with Crippen LogP contribution in [0.3, 0.4) is 0 Å². The van der Waals surface area contributed by atoms with Crippen molar-refractivity contribution >= 4 is 22.4 Å². The van der Waals surface area contributed by atoms with E-state index in [1.807, 2.05) is 48.0 Å². The van der Waals surface area contributed by atoms with Crippen LogP contribution >= 0.6 is 11.3 Å². The second-order valence-electron chi connectivity index (χ2n) is 5.51. The predicted molar refractivity (Wildman–Crippen MR) is 98.6 cm³/mol. The van der Waals surface area contributed by atoms with Gasteiger partial charge in [-0.2, -0.15) is 0 Å². The zero-order valence-corrected chi connectivity index (χ0v) is 14.3. The third-order valence-corrected chi connectivity index (χ3v) is 4.85. The van der Waals surface area contributed by atoms with E-state index in [0.717, 1.165) is 38.4 Å². The molecular weight excluding hydrogens is 334 g/mol. The van der Waals surface area contributed by atoms with Crippen molar-refractivity contribution in [1.29, 1.82) is 0 Å². The lowest BCUT2D eigenvalue weighted by atomic mass is 10.1. The van der Waals surface area contributed by atoms with Gasteiger partial charge < -0.3 is 9.84 Å². The summed E-state index contributed by atoms with van der Waals surface area (Å²) >= 11 is 1.53. The van der Waals surface area contributed by atoms with Crippen LogP contribution in [0.25, 0.3) is 33.5 Å². The van der Waals surface area contributed by atoms with Crippen LogP contribution in [0.15, 0.2) is 54.2 Å². The smallest absolute Gasteiger partial charge is 0.159 e. The number of fused-ring (bicyclic) bond motifs is 1. The van der Waals surface area contributed by atoms with Gasteiger partial charge >= 0.3 is 0 Å². The quantitative estimate of drug-likeness (QED) is 0.605. The van der Waals surface area contributed by atoms with Crippen molar-refractivity contribution in [3.8, 4) is 28.3 Å². The molecule has 0 saturated carbocycles. The maximum Gasteiger partial charge on any atom is 0.159 e. The van der Waals surface area contributed by atoms with E-state index >= 15 is 0 Å². The van der Waals surface area contributed by atoms with E-state index < -0.39 is 0 Å². The number of hydrogen-bond acceptors (Lipinski definition) is 6. The Morgan fingerprint density at radius 3 is 2.52 bits per heavy atom. The van der Waals surface area contributed by atoms with Gasteiger partial charge in [-0.15, -0.1) is 11.3 Å². The van der Waals surface area contributed by atoms with Crippen molar-refractivity contribution in [1.82, 2.24) is 15.0 Å². The number of nitrogens with zero attached hydrogens (tertiary/aromatic N) is 3. The number of hydrogen-bond donors (Lipinski definition) is 1. The van der Waals surface area contributed by atoms with Crippen molar-refractivity contribution in [3.63, 3.8) is 0 Å². The summed E-state index contributed by atoms with van der Waals surface area (Å²) in [5.41, 5.74) is 4.47. The Morgan fingerprint density at radius 1 is 0.960 bits per heavy atom. The second kappa shape index (κ2) is 6.58. The lowest BCUT2D eigenvalue weighted by molar-refractivity contribution is 0.285. The zero-order valence-electron chi connectivity index (χ0n) is 13.5. The van der Waals surface area contributed by atoms with Crippen LogP contribution in [0.1, 0.15) is 4.88 Å². The Morgan fingerprint density at radius 2 is 1.80 bits per heavy atom. The highest BCUT2D eigenvalue weighted by Crippen LogP contribution is 2.27. The average Bonchev–Trinajstić information content (AvgIpc) is 3.16. The van der Waals surface area contributed by atoms with Crippen LogP contribution in [-0.4, -0.2) is 27.2 Å². The number of benzene rings is 1. The highest BCUT2D eigenvalue weighted by molar-refractivity contribution is 7.10. The van der Waals surface area contributed by atoms with Crippen LogP contribution in [0, 0.1) is 0 Å². The monoisotopic (exact) mass is 349 g/mol. The molecule has 6 heteroatoms. The van der Waals surface area contributed by atoms with Gasteiger partial charge in [0.15, 0.2) is 5.82 Å². The summed E-state index contributed by atoms with van der Waals surface area (Å²) in [4.78, 5) is 14.4. The maximum atomic E-state index is 9.23. The Hall–Kier alpha value is -2.83. The topological polar surface area (TPSA) is 68.1 Å². The number of aliphatic hydroxyl groups excluding tert-OH is 1. The van der Waals surface area contributed by atoms with Crippen molar-refractivity contribution in [3.05, 3.63) is 59.0 Å². The van der Waals surface area contributed by atoms with E-state index in [1.165, 1.54) is 11.3 Å². The lowest BCUT2D eigenvalue weighted by Gasteiger charge is -2.05. The fourth-order valence-electron chi connectivity index (χ4n) is 2.57. The SMILES string of the molecule is COc1ccc(-c2ncc3ncc(-c4csc(CO)c4)cc3n2)cc1. The molecule has 3 heterocycles. The molecule has 1 aromatic carbocycles. The largest absolute Gasteiger partial charge is 0.497 e. The van der Waals surface area contributed by atoms with Gasteiger partial charge in [0.1, 0.15) is 11.3 Å². The zero-order chi connectivity index (χ0) is 17.2. The minimum absolute atomic E-state index is 0.0511. The van der Waals surface area contributed by atoms with Gasteiger partial charge in [-0.1, -0.05) is 0 Å². The Balaban J connectivity index is 1.75. The van der Waals surface area contributed by atoms with Crippen molar-refractivity contribution in [2.75, 3.05) is 7.11 Å². The first-order valence-corrected chi connectivity index (χ1v) is 8.60. The van der Waals surface area contributed by atoms with E-state index in [-0.39, 0.29) is 6.61 Å². The number of rotatable bonds is 4. The van der Waals surface area contributed by atoms with Gasteiger partial charge in [-0.3, -0.25) is 4.98 Å². The van der Waals surface area contributed by atoms with Gasteiger partial charge in [0.2, 0.25) is 0 Å². The standard InChI is InChI=1S/C19H15N3O2S/c1-24-15-4-2-12(3-5-15)19-21-9-18-17(22-19)7-13(8-20-18)14-6-16(10-23)25-11-14/h2-9,11,23H,10H2,1H3. The van der Waals surface area contributed by atoms with Gasteiger partial charge in [0.05, 0.1) is 25.4 Å². The van der Waals surface area contributed by atoms with E-state index in [4.69, 9.17) is 4.74 Å². The normalized spacial score (nSPS) is 11.0. The lowest BCUT2D eigenvalue weighted by Crippen LogP contribution is -1.92. The summed E-state index contributed by atoms with van der Waals surface area (Å²) < 4.78 is 5.18. The predicted octanol–water partition coefficient (Wildman–Crippen LogP) is 3.92. The molecule has 0 aliphatic heterocycles. The fourth-order valence-corrected chi connectivity index (χ4v) is 3.32. The van der Waals surface area contributed by atoms with Crippen molar-refractivity contribution in [2.45, 2.75) is 6.61 Å². The molecule has 124 valence electrons. The number of aliphatic hydroxyl groups is 1. The molecule has 0 amide bonds. The van der Waals surface area contributed by atoms with E-state index in [1.54, 1.807) is 13.3 Å².